The number of hydrogen-bond donors (Lipinski definition) is 2. The number of aromatic nitrogens is 3. The Balaban J connectivity index is 2.19. The van der Waals surface area contributed by atoms with Gasteiger partial charge in [0.1, 0.15) is 5.58 Å². The molecule has 0 fully saturated rings. The van der Waals surface area contributed by atoms with Crippen LogP contribution in [0.25, 0.3) is 22.6 Å². The molecule has 6 heteroatoms. The molecule has 0 radical (unpaired) electrons. The fourth-order valence-electron chi connectivity index (χ4n) is 1.79. The second-order valence-corrected chi connectivity index (χ2v) is 4.03. The highest BCUT2D eigenvalue weighted by molar-refractivity contribution is 5.82. The molecule has 2 heterocycles. The number of nitrogens with two attached hydrogens (primary N) is 2. The topological polar surface area (TPSA) is 104 Å². The van der Waals surface area contributed by atoms with Gasteiger partial charge in [0.25, 0.3) is 0 Å². The highest BCUT2D eigenvalue weighted by Crippen LogP contribution is 2.26. The minimum Gasteiger partial charge on any atom is -0.453 e. The minimum absolute atomic E-state index is 0.0779. The van der Waals surface area contributed by atoms with E-state index in [1.807, 2.05) is 31.2 Å². The monoisotopic (exact) mass is 241 g/mol. The Morgan fingerprint density at radius 1 is 1.00 bits per heavy atom. The van der Waals surface area contributed by atoms with E-state index in [2.05, 4.69) is 15.0 Å². The normalized spacial score (nSPS) is 10.9. The largest absolute Gasteiger partial charge is 0.453 e. The summed E-state index contributed by atoms with van der Waals surface area (Å²) >= 11 is 0. The maximum absolute atomic E-state index is 5.66. The molecule has 90 valence electrons. The molecule has 0 aliphatic rings. The van der Waals surface area contributed by atoms with Crippen molar-refractivity contribution in [1.82, 2.24) is 15.0 Å². The zero-order valence-electron chi connectivity index (χ0n) is 9.71. The molecule has 6 nitrogen and oxygen atoms in total. The molecule has 0 unspecified atom stereocenters. The van der Waals surface area contributed by atoms with Crippen LogP contribution in [-0.2, 0) is 0 Å². The number of anilines is 2. The van der Waals surface area contributed by atoms with E-state index in [0.717, 1.165) is 16.5 Å². The van der Waals surface area contributed by atoms with Crippen LogP contribution in [0.1, 0.15) is 5.56 Å². The summed E-state index contributed by atoms with van der Waals surface area (Å²) in [7, 11) is 0. The van der Waals surface area contributed by atoms with Gasteiger partial charge in [-0.15, -0.1) is 0 Å². The zero-order valence-corrected chi connectivity index (χ0v) is 9.71. The summed E-state index contributed by atoms with van der Waals surface area (Å²) in [6.07, 6.45) is 0. The van der Waals surface area contributed by atoms with Crippen LogP contribution in [0.2, 0.25) is 0 Å². The summed E-state index contributed by atoms with van der Waals surface area (Å²) in [6, 6.07) is 7.76. The van der Waals surface area contributed by atoms with Crippen molar-refractivity contribution >= 4 is 22.9 Å². The first-order chi connectivity index (χ1) is 8.61. The lowest BCUT2D eigenvalue weighted by atomic mass is 10.2. The second-order valence-electron chi connectivity index (χ2n) is 4.03. The standard InChI is InChI=1S/C12H11N5O/c1-6-2-3-8-7(4-6)5-9(18-8)10-15-11(13)17-12(14)16-10/h2-5H,1H3,(H4,13,14,15,16,17). The van der Waals surface area contributed by atoms with Gasteiger partial charge in [0, 0.05) is 5.39 Å². The Bertz CT molecular complexity index is 714. The van der Waals surface area contributed by atoms with E-state index in [0.29, 0.717) is 11.6 Å². The molecule has 4 N–H and O–H groups in total. The number of nitrogens with zero attached hydrogens (tertiary/aromatic N) is 3. The molecule has 0 aliphatic carbocycles. The SMILES string of the molecule is Cc1ccc2oc(-c3nc(N)nc(N)n3)cc2c1. The van der Waals surface area contributed by atoms with Crippen LogP contribution in [0.5, 0.6) is 0 Å². The first-order valence-corrected chi connectivity index (χ1v) is 5.39. The van der Waals surface area contributed by atoms with Crippen LogP contribution in [0, 0.1) is 6.92 Å². The number of rotatable bonds is 1. The van der Waals surface area contributed by atoms with E-state index >= 15 is 0 Å². The van der Waals surface area contributed by atoms with Crippen LogP contribution in [0.4, 0.5) is 11.9 Å². The van der Waals surface area contributed by atoms with Gasteiger partial charge in [-0.1, -0.05) is 11.6 Å². The van der Waals surface area contributed by atoms with Crippen molar-refractivity contribution in [3.05, 3.63) is 29.8 Å². The van der Waals surface area contributed by atoms with Crippen LogP contribution in [0.3, 0.4) is 0 Å². The van der Waals surface area contributed by atoms with Gasteiger partial charge in [-0.2, -0.15) is 15.0 Å². The van der Waals surface area contributed by atoms with Gasteiger partial charge in [-0.3, -0.25) is 0 Å². The maximum atomic E-state index is 5.66. The third-order valence-corrected chi connectivity index (χ3v) is 2.56. The van der Waals surface area contributed by atoms with Crippen LogP contribution >= 0.6 is 0 Å². The number of hydrogen-bond acceptors (Lipinski definition) is 6. The van der Waals surface area contributed by atoms with Crippen molar-refractivity contribution in [2.24, 2.45) is 0 Å². The fourth-order valence-corrected chi connectivity index (χ4v) is 1.79. The highest BCUT2D eigenvalue weighted by atomic mass is 16.3. The molecule has 2 aromatic heterocycles. The first kappa shape index (κ1) is 10.5. The average molecular weight is 241 g/mol. The number of fused-ring (bicyclic) bond motifs is 1. The summed E-state index contributed by atoms with van der Waals surface area (Å²) in [5.74, 6) is 1.02. The molecule has 1 aromatic carbocycles. The van der Waals surface area contributed by atoms with Gasteiger partial charge in [-0.25, -0.2) is 0 Å². The quantitative estimate of drug-likeness (QED) is 0.672. The molecule has 0 saturated heterocycles. The van der Waals surface area contributed by atoms with Gasteiger partial charge < -0.3 is 15.9 Å². The molecule has 0 amide bonds. The third-order valence-electron chi connectivity index (χ3n) is 2.56. The predicted octanol–water partition coefficient (Wildman–Crippen LogP) is 1.76. The Kier molecular flexibility index (Phi) is 2.16. The molecular formula is C12H11N5O. The van der Waals surface area contributed by atoms with Crippen molar-refractivity contribution in [3.63, 3.8) is 0 Å². The maximum Gasteiger partial charge on any atom is 0.225 e. The molecular weight excluding hydrogens is 230 g/mol. The van der Waals surface area contributed by atoms with Gasteiger partial charge in [0.2, 0.25) is 17.7 Å². The lowest BCUT2D eigenvalue weighted by Crippen LogP contribution is -2.03. The Hall–Kier alpha value is -2.63. The van der Waals surface area contributed by atoms with E-state index in [4.69, 9.17) is 15.9 Å². The van der Waals surface area contributed by atoms with Crippen molar-refractivity contribution in [3.8, 4) is 11.6 Å². The number of aryl methyl sites for hydroxylation is 1. The van der Waals surface area contributed by atoms with E-state index in [9.17, 15) is 0 Å². The molecule has 0 bridgehead atoms. The Labute approximate surface area is 103 Å². The summed E-state index contributed by atoms with van der Waals surface area (Å²) in [5.41, 5.74) is 13.0. The van der Waals surface area contributed by atoms with Crippen molar-refractivity contribution < 1.29 is 4.42 Å². The summed E-state index contributed by atoms with van der Waals surface area (Å²) in [6.45, 7) is 2.02. The van der Waals surface area contributed by atoms with Gasteiger partial charge in [-0.05, 0) is 25.1 Å². The third kappa shape index (κ3) is 1.73. The molecule has 0 atom stereocenters. The van der Waals surface area contributed by atoms with E-state index in [1.165, 1.54) is 0 Å². The van der Waals surface area contributed by atoms with Gasteiger partial charge >= 0.3 is 0 Å². The molecule has 0 spiro atoms. The Morgan fingerprint density at radius 2 is 1.72 bits per heavy atom. The lowest BCUT2D eigenvalue weighted by molar-refractivity contribution is 0.625. The summed E-state index contributed by atoms with van der Waals surface area (Å²) in [5, 5.41) is 0.988. The molecule has 18 heavy (non-hydrogen) atoms. The zero-order chi connectivity index (χ0) is 12.7. The summed E-state index contributed by atoms with van der Waals surface area (Å²) in [4.78, 5) is 11.7. The van der Waals surface area contributed by atoms with Crippen LogP contribution in [0.15, 0.2) is 28.7 Å². The van der Waals surface area contributed by atoms with E-state index in [-0.39, 0.29) is 11.9 Å². The number of nitrogen functional groups attached to an aromatic ring is 2. The average Bonchev–Trinajstić information content (AvgIpc) is 2.70. The minimum atomic E-state index is 0.0779. The van der Waals surface area contributed by atoms with Crippen LogP contribution < -0.4 is 11.5 Å². The molecule has 0 saturated carbocycles. The first-order valence-electron chi connectivity index (χ1n) is 5.39. The highest BCUT2D eigenvalue weighted by Gasteiger charge is 2.11. The molecule has 3 aromatic rings. The number of benzene rings is 1. The molecule has 3 rings (SSSR count). The van der Waals surface area contributed by atoms with E-state index in [1.54, 1.807) is 0 Å². The lowest BCUT2D eigenvalue weighted by Gasteiger charge is -1.97. The van der Waals surface area contributed by atoms with Crippen molar-refractivity contribution in [2.75, 3.05) is 11.5 Å². The second kappa shape index (κ2) is 3.69. The molecule has 0 aliphatic heterocycles. The number of furan rings is 1. The van der Waals surface area contributed by atoms with Crippen molar-refractivity contribution in [1.29, 1.82) is 0 Å². The van der Waals surface area contributed by atoms with Crippen molar-refractivity contribution in [2.45, 2.75) is 6.92 Å². The summed E-state index contributed by atoms with van der Waals surface area (Å²) < 4.78 is 5.66. The van der Waals surface area contributed by atoms with Gasteiger partial charge in [0.15, 0.2) is 5.76 Å². The van der Waals surface area contributed by atoms with Gasteiger partial charge in [0.05, 0.1) is 0 Å². The predicted molar refractivity (Wildman–Crippen MR) is 68.6 cm³/mol. The fraction of sp³-hybridized carbons (Fsp3) is 0.0833. The van der Waals surface area contributed by atoms with E-state index < -0.39 is 0 Å². The smallest absolute Gasteiger partial charge is 0.225 e. The van der Waals surface area contributed by atoms with Crippen LogP contribution in [-0.4, -0.2) is 15.0 Å². The Morgan fingerprint density at radius 3 is 2.44 bits per heavy atom.